The minimum Gasteiger partial charge on any atom is -0.349 e. The Bertz CT molecular complexity index is 777. The molecule has 2 amide bonds. The molecule has 1 aliphatic heterocycles. The molecule has 2 heterocycles. The van der Waals surface area contributed by atoms with E-state index in [1.54, 1.807) is 4.90 Å². The number of hydrogen-bond donors (Lipinski definition) is 1. The van der Waals surface area contributed by atoms with Crippen molar-refractivity contribution in [2.45, 2.75) is 18.9 Å². The van der Waals surface area contributed by atoms with Crippen LogP contribution in [-0.4, -0.2) is 45.8 Å². The SMILES string of the molecule is O=C(NC1CCN(C(=O)c2cnccn2)CC1)c1ccc(F)cc1F. The van der Waals surface area contributed by atoms with Gasteiger partial charge in [-0.1, -0.05) is 0 Å². The van der Waals surface area contributed by atoms with Crippen molar-refractivity contribution in [1.29, 1.82) is 0 Å². The van der Waals surface area contributed by atoms with Crippen molar-refractivity contribution in [2.75, 3.05) is 13.1 Å². The fourth-order valence-corrected chi connectivity index (χ4v) is 2.74. The van der Waals surface area contributed by atoms with Gasteiger partial charge in [0.25, 0.3) is 11.8 Å². The van der Waals surface area contributed by atoms with Crippen LogP contribution in [0.4, 0.5) is 8.78 Å². The third-order valence-corrected chi connectivity index (χ3v) is 4.08. The lowest BCUT2D eigenvalue weighted by Crippen LogP contribution is -2.46. The number of amides is 2. The molecule has 25 heavy (non-hydrogen) atoms. The number of carbonyl (C=O) groups excluding carboxylic acids is 2. The summed E-state index contributed by atoms with van der Waals surface area (Å²) in [6, 6.07) is 2.66. The van der Waals surface area contributed by atoms with Gasteiger partial charge in [0.2, 0.25) is 0 Å². The van der Waals surface area contributed by atoms with Crippen LogP contribution in [0.15, 0.2) is 36.8 Å². The van der Waals surface area contributed by atoms with Crippen LogP contribution >= 0.6 is 0 Å². The summed E-state index contributed by atoms with van der Waals surface area (Å²) in [6.07, 6.45) is 5.44. The number of benzene rings is 1. The summed E-state index contributed by atoms with van der Waals surface area (Å²) in [6.45, 7) is 0.901. The van der Waals surface area contributed by atoms with Crippen LogP contribution in [-0.2, 0) is 0 Å². The molecule has 1 aliphatic rings. The van der Waals surface area contributed by atoms with E-state index >= 15 is 0 Å². The lowest BCUT2D eigenvalue weighted by molar-refractivity contribution is 0.0691. The largest absolute Gasteiger partial charge is 0.349 e. The summed E-state index contributed by atoms with van der Waals surface area (Å²) in [5.74, 6) is -2.42. The van der Waals surface area contributed by atoms with Crippen LogP contribution < -0.4 is 5.32 Å². The fraction of sp³-hybridized carbons (Fsp3) is 0.294. The topological polar surface area (TPSA) is 75.2 Å². The number of likely N-dealkylation sites (tertiary alicyclic amines) is 1. The number of piperidine rings is 1. The Kier molecular flexibility index (Phi) is 4.97. The molecule has 8 heteroatoms. The summed E-state index contributed by atoms with van der Waals surface area (Å²) in [4.78, 5) is 33.9. The van der Waals surface area contributed by atoms with Crippen LogP contribution in [0.25, 0.3) is 0 Å². The van der Waals surface area contributed by atoms with Crippen LogP contribution in [0.5, 0.6) is 0 Å². The van der Waals surface area contributed by atoms with Gasteiger partial charge < -0.3 is 10.2 Å². The first-order valence-electron chi connectivity index (χ1n) is 7.86. The average molecular weight is 346 g/mol. The third kappa shape index (κ3) is 3.96. The summed E-state index contributed by atoms with van der Waals surface area (Å²) in [5.41, 5.74) is 0.0813. The van der Waals surface area contributed by atoms with Crippen molar-refractivity contribution in [3.8, 4) is 0 Å². The van der Waals surface area contributed by atoms with E-state index in [0.717, 1.165) is 12.1 Å². The number of nitrogens with one attached hydrogen (secondary N) is 1. The molecule has 1 fully saturated rings. The Balaban J connectivity index is 1.56. The molecule has 1 aromatic carbocycles. The van der Waals surface area contributed by atoms with Gasteiger partial charge in [-0.2, -0.15) is 0 Å². The molecule has 0 aliphatic carbocycles. The first-order valence-corrected chi connectivity index (χ1v) is 7.86. The summed E-state index contributed by atoms with van der Waals surface area (Å²) >= 11 is 0. The van der Waals surface area contributed by atoms with E-state index in [-0.39, 0.29) is 23.2 Å². The van der Waals surface area contributed by atoms with Crippen molar-refractivity contribution < 1.29 is 18.4 Å². The lowest BCUT2D eigenvalue weighted by atomic mass is 10.0. The van der Waals surface area contributed by atoms with Crippen LogP contribution in [0.3, 0.4) is 0 Å². The Morgan fingerprint density at radius 3 is 2.56 bits per heavy atom. The Labute approximate surface area is 142 Å². The van der Waals surface area contributed by atoms with E-state index in [2.05, 4.69) is 15.3 Å². The van der Waals surface area contributed by atoms with E-state index < -0.39 is 17.5 Å². The molecule has 130 valence electrons. The predicted molar refractivity (Wildman–Crippen MR) is 84.8 cm³/mol. The summed E-state index contributed by atoms with van der Waals surface area (Å²) < 4.78 is 26.6. The van der Waals surface area contributed by atoms with Gasteiger partial charge in [0, 0.05) is 37.6 Å². The van der Waals surface area contributed by atoms with Gasteiger partial charge >= 0.3 is 0 Å². The molecule has 6 nitrogen and oxygen atoms in total. The van der Waals surface area contributed by atoms with Crippen LogP contribution in [0.2, 0.25) is 0 Å². The second-order valence-electron chi connectivity index (χ2n) is 5.75. The van der Waals surface area contributed by atoms with Gasteiger partial charge in [0.15, 0.2) is 0 Å². The highest BCUT2D eigenvalue weighted by atomic mass is 19.1. The van der Waals surface area contributed by atoms with Crippen molar-refractivity contribution in [3.63, 3.8) is 0 Å². The standard InChI is InChI=1S/C17H16F2N4O2/c18-11-1-2-13(14(19)9-11)16(24)22-12-3-7-23(8-4-12)17(25)15-10-20-5-6-21-15/h1-2,5-6,9-10,12H,3-4,7-8H2,(H,22,24). The average Bonchev–Trinajstić information content (AvgIpc) is 2.62. The zero-order valence-electron chi connectivity index (χ0n) is 13.3. The Morgan fingerprint density at radius 2 is 1.92 bits per heavy atom. The fourth-order valence-electron chi connectivity index (χ4n) is 2.74. The summed E-state index contributed by atoms with van der Waals surface area (Å²) in [5, 5.41) is 2.73. The van der Waals surface area contributed by atoms with Crippen molar-refractivity contribution >= 4 is 11.8 Å². The maximum Gasteiger partial charge on any atom is 0.274 e. The Hall–Kier alpha value is -2.90. The smallest absolute Gasteiger partial charge is 0.274 e. The molecular weight excluding hydrogens is 330 g/mol. The molecule has 0 radical (unpaired) electrons. The minimum atomic E-state index is -0.896. The molecule has 0 unspecified atom stereocenters. The maximum absolute atomic E-state index is 13.6. The van der Waals surface area contributed by atoms with E-state index in [1.807, 2.05) is 0 Å². The van der Waals surface area contributed by atoms with Crippen molar-refractivity contribution in [2.24, 2.45) is 0 Å². The highest BCUT2D eigenvalue weighted by Gasteiger charge is 2.26. The molecule has 0 spiro atoms. The quantitative estimate of drug-likeness (QED) is 0.919. The number of rotatable bonds is 3. The van der Waals surface area contributed by atoms with Gasteiger partial charge in [0.05, 0.1) is 11.8 Å². The van der Waals surface area contributed by atoms with Crippen molar-refractivity contribution in [3.05, 3.63) is 59.7 Å². The molecule has 0 bridgehead atoms. The number of halogens is 2. The van der Waals surface area contributed by atoms with Crippen molar-refractivity contribution in [1.82, 2.24) is 20.2 Å². The highest BCUT2D eigenvalue weighted by molar-refractivity contribution is 5.94. The number of nitrogens with zero attached hydrogens (tertiary/aromatic N) is 3. The zero-order valence-corrected chi connectivity index (χ0v) is 13.3. The molecule has 0 atom stereocenters. The van der Waals surface area contributed by atoms with Gasteiger partial charge in [-0.15, -0.1) is 0 Å². The third-order valence-electron chi connectivity index (χ3n) is 4.08. The number of aromatic nitrogens is 2. The molecule has 1 saturated heterocycles. The van der Waals surface area contributed by atoms with E-state index in [0.29, 0.717) is 32.0 Å². The van der Waals surface area contributed by atoms with Gasteiger partial charge in [0.1, 0.15) is 17.3 Å². The normalized spacial score (nSPS) is 15.0. The molecular formula is C17H16F2N4O2. The number of carbonyl (C=O) groups is 2. The second kappa shape index (κ2) is 7.33. The first-order chi connectivity index (χ1) is 12.0. The lowest BCUT2D eigenvalue weighted by Gasteiger charge is -2.32. The first kappa shape index (κ1) is 16.9. The molecule has 3 rings (SSSR count). The van der Waals surface area contributed by atoms with E-state index in [4.69, 9.17) is 0 Å². The monoisotopic (exact) mass is 346 g/mol. The molecule has 1 aromatic heterocycles. The zero-order chi connectivity index (χ0) is 17.8. The Morgan fingerprint density at radius 1 is 1.16 bits per heavy atom. The molecule has 2 aromatic rings. The maximum atomic E-state index is 13.6. The van der Waals surface area contributed by atoms with Crippen LogP contribution in [0, 0.1) is 11.6 Å². The van der Waals surface area contributed by atoms with Crippen LogP contribution in [0.1, 0.15) is 33.7 Å². The predicted octanol–water partition coefficient (Wildman–Crippen LogP) is 1.79. The highest BCUT2D eigenvalue weighted by Crippen LogP contribution is 2.15. The number of hydrogen-bond acceptors (Lipinski definition) is 4. The van der Waals surface area contributed by atoms with Gasteiger partial charge in [-0.25, -0.2) is 13.8 Å². The molecule has 0 saturated carbocycles. The van der Waals surface area contributed by atoms with Gasteiger partial charge in [-0.05, 0) is 25.0 Å². The second-order valence-corrected chi connectivity index (χ2v) is 5.75. The summed E-state index contributed by atoms with van der Waals surface area (Å²) in [7, 11) is 0. The molecule has 1 N–H and O–H groups in total. The van der Waals surface area contributed by atoms with E-state index in [1.165, 1.54) is 18.6 Å². The minimum absolute atomic E-state index is 0.178. The van der Waals surface area contributed by atoms with E-state index in [9.17, 15) is 18.4 Å². The van der Waals surface area contributed by atoms with Gasteiger partial charge in [-0.3, -0.25) is 14.6 Å².